The first kappa shape index (κ1) is 16.8. The minimum absolute atomic E-state index is 0.0253. The van der Waals surface area contributed by atoms with Crippen molar-refractivity contribution in [2.24, 2.45) is 5.73 Å². The molecule has 0 aromatic carbocycles. The Morgan fingerprint density at radius 2 is 1.95 bits per heavy atom. The lowest BCUT2D eigenvalue weighted by atomic mass is 10.3. The second kappa shape index (κ2) is 6.45. The number of rotatable bonds is 7. The number of carbonyl (C=O) groups is 1. The van der Waals surface area contributed by atoms with E-state index in [9.17, 15) is 13.2 Å². The van der Waals surface area contributed by atoms with Crippen LogP contribution in [-0.2, 0) is 9.84 Å². The summed E-state index contributed by atoms with van der Waals surface area (Å²) in [5.74, 6) is -0.768. The number of amides is 1. The van der Waals surface area contributed by atoms with Crippen LogP contribution in [0.2, 0.25) is 0 Å². The number of unbranched alkanes of at least 4 members (excludes halogenated alkanes) is 1. The number of anilines is 2. The maximum absolute atomic E-state index is 12.2. The normalized spacial score (nSPS) is 11.6. The van der Waals surface area contributed by atoms with Crippen molar-refractivity contribution in [1.29, 1.82) is 0 Å². The van der Waals surface area contributed by atoms with Gasteiger partial charge in [-0.3, -0.25) is 4.79 Å². The Kier molecular flexibility index (Phi) is 5.41. The highest BCUT2D eigenvalue weighted by atomic mass is 32.2. The summed E-state index contributed by atoms with van der Waals surface area (Å²) in [5.41, 5.74) is 11.1. The molecule has 0 atom stereocenters. The highest BCUT2D eigenvalue weighted by Crippen LogP contribution is 2.41. The molecule has 1 amide bonds. The molecule has 1 aromatic rings. The number of nitrogens with zero attached hydrogens (tertiary/aromatic N) is 1. The Hall–Kier alpha value is -1.28. The monoisotopic (exact) mass is 319 g/mol. The molecule has 1 aromatic heterocycles. The zero-order valence-electron chi connectivity index (χ0n) is 12.0. The molecule has 0 radical (unpaired) electrons. The van der Waals surface area contributed by atoms with Gasteiger partial charge in [-0.1, -0.05) is 20.3 Å². The van der Waals surface area contributed by atoms with Crippen LogP contribution in [0.5, 0.6) is 0 Å². The van der Waals surface area contributed by atoms with Gasteiger partial charge in [0.1, 0.15) is 14.8 Å². The van der Waals surface area contributed by atoms with Gasteiger partial charge in [0.15, 0.2) is 9.84 Å². The molecule has 8 heteroatoms. The van der Waals surface area contributed by atoms with E-state index < -0.39 is 15.7 Å². The van der Waals surface area contributed by atoms with Gasteiger partial charge in [0.25, 0.3) is 5.91 Å². The van der Waals surface area contributed by atoms with Gasteiger partial charge in [-0.2, -0.15) is 0 Å². The fraction of sp³-hybridized carbons (Fsp3) is 0.583. The van der Waals surface area contributed by atoms with E-state index in [1.807, 2.05) is 4.90 Å². The lowest BCUT2D eigenvalue weighted by molar-refractivity contribution is 0.100. The van der Waals surface area contributed by atoms with Crippen molar-refractivity contribution in [2.45, 2.75) is 31.6 Å². The lowest BCUT2D eigenvalue weighted by Crippen LogP contribution is -2.20. The van der Waals surface area contributed by atoms with Crippen LogP contribution < -0.4 is 16.4 Å². The molecule has 1 rings (SSSR count). The summed E-state index contributed by atoms with van der Waals surface area (Å²) in [6, 6.07) is 0. The van der Waals surface area contributed by atoms with Crippen molar-refractivity contribution in [2.75, 3.05) is 30.0 Å². The molecule has 4 N–H and O–H groups in total. The first-order valence-electron chi connectivity index (χ1n) is 6.42. The summed E-state index contributed by atoms with van der Waals surface area (Å²) in [6.45, 7) is 4.29. The standard InChI is InChI=1S/C12H21N3O3S2/c1-4-6-7-15(3)12-10(20(17,18)5-2)8(13)9(19-12)11(14)16/h4-7,13H2,1-3H3,(H2,14,16). The molecule has 0 bridgehead atoms. The van der Waals surface area contributed by atoms with E-state index >= 15 is 0 Å². The highest BCUT2D eigenvalue weighted by Gasteiger charge is 2.29. The first-order valence-corrected chi connectivity index (χ1v) is 8.89. The third-order valence-electron chi connectivity index (χ3n) is 2.99. The molecule has 0 spiro atoms. The number of hydrogen-bond acceptors (Lipinski definition) is 6. The third-order valence-corrected chi connectivity index (χ3v) is 6.25. The van der Waals surface area contributed by atoms with Crippen molar-refractivity contribution >= 4 is 37.8 Å². The van der Waals surface area contributed by atoms with Gasteiger partial charge in [0.05, 0.1) is 11.4 Å². The van der Waals surface area contributed by atoms with Crippen LogP contribution in [0.1, 0.15) is 36.4 Å². The number of thiophene rings is 1. The average Bonchev–Trinajstić information content (AvgIpc) is 2.74. The number of nitrogens with two attached hydrogens (primary N) is 2. The molecule has 0 fully saturated rings. The molecular weight excluding hydrogens is 298 g/mol. The Morgan fingerprint density at radius 1 is 1.35 bits per heavy atom. The third kappa shape index (κ3) is 3.24. The molecule has 0 aliphatic heterocycles. The fourth-order valence-corrected chi connectivity index (χ4v) is 4.47. The van der Waals surface area contributed by atoms with Crippen LogP contribution in [-0.4, -0.2) is 33.7 Å². The van der Waals surface area contributed by atoms with E-state index in [1.165, 1.54) is 0 Å². The van der Waals surface area contributed by atoms with Gasteiger partial charge in [-0.25, -0.2) is 8.42 Å². The smallest absolute Gasteiger partial charge is 0.261 e. The summed E-state index contributed by atoms with van der Waals surface area (Å²) in [5, 5.41) is 0.492. The molecule has 6 nitrogen and oxygen atoms in total. The number of carbonyl (C=O) groups excluding carboxylic acids is 1. The molecular formula is C12H21N3O3S2. The predicted octanol–water partition coefficient (Wildman–Crippen LogP) is 1.46. The summed E-state index contributed by atoms with van der Waals surface area (Å²) >= 11 is 1.04. The van der Waals surface area contributed by atoms with Gasteiger partial charge in [0, 0.05) is 13.6 Å². The van der Waals surface area contributed by atoms with E-state index in [0.717, 1.165) is 24.2 Å². The molecule has 0 aliphatic rings. The Labute approximate surface area is 123 Å². The maximum Gasteiger partial charge on any atom is 0.261 e. The van der Waals surface area contributed by atoms with E-state index in [-0.39, 0.29) is 21.2 Å². The second-order valence-electron chi connectivity index (χ2n) is 4.52. The minimum Gasteiger partial charge on any atom is -0.396 e. The topological polar surface area (TPSA) is 106 Å². The zero-order valence-corrected chi connectivity index (χ0v) is 13.6. The average molecular weight is 319 g/mol. The molecule has 0 aliphatic carbocycles. The van der Waals surface area contributed by atoms with Crippen LogP contribution >= 0.6 is 11.3 Å². The summed E-state index contributed by atoms with van der Waals surface area (Å²) < 4.78 is 24.4. The zero-order chi connectivity index (χ0) is 15.5. The molecule has 0 saturated carbocycles. The number of primary amides is 1. The predicted molar refractivity (Wildman–Crippen MR) is 83.2 cm³/mol. The SMILES string of the molecule is CCCCN(C)c1sc(C(N)=O)c(N)c1S(=O)(=O)CC. The van der Waals surface area contributed by atoms with Crippen LogP contribution in [0.25, 0.3) is 0 Å². The van der Waals surface area contributed by atoms with Crippen molar-refractivity contribution in [1.82, 2.24) is 0 Å². The van der Waals surface area contributed by atoms with Crippen molar-refractivity contribution in [3.05, 3.63) is 4.88 Å². The maximum atomic E-state index is 12.2. The molecule has 114 valence electrons. The number of nitrogen functional groups attached to an aromatic ring is 1. The Morgan fingerprint density at radius 3 is 2.40 bits per heavy atom. The van der Waals surface area contributed by atoms with E-state index in [4.69, 9.17) is 11.5 Å². The highest BCUT2D eigenvalue weighted by molar-refractivity contribution is 7.92. The van der Waals surface area contributed by atoms with E-state index in [0.29, 0.717) is 11.5 Å². The van der Waals surface area contributed by atoms with Crippen LogP contribution in [0.3, 0.4) is 0 Å². The van der Waals surface area contributed by atoms with Gasteiger partial charge >= 0.3 is 0 Å². The summed E-state index contributed by atoms with van der Waals surface area (Å²) in [4.78, 5) is 13.3. The van der Waals surface area contributed by atoms with Crippen LogP contribution in [0.15, 0.2) is 4.90 Å². The van der Waals surface area contributed by atoms with Gasteiger partial charge in [-0.15, -0.1) is 11.3 Å². The number of hydrogen-bond donors (Lipinski definition) is 2. The molecule has 20 heavy (non-hydrogen) atoms. The van der Waals surface area contributed by atoms with Gasteiger partial charge in [0.2, 0.25) is 0 Å². The van der Waals surface area contributed by atoms with Gasteiger partial charge < -0.3 is 16.4 Å². The largest absolute Gasteiger partial charge is 0.396 e. The van der Waals surface area contributed by atoms with Crippen molar-refractivity contribution < 1.29 is 13.2 Å². The van der Waals surface area contributed by atoms with Crippen molar-refractivity contribution in [3.63, 3.8) is 0 Å². The molecule has 0 unspecified atom stereocenters. The first-order chi connectivity index (χ1) is 9.26. The Balaban J connectivity index is 3.42. The molecule has 1 heterocycles. The second-order valence-corrected chi connectivity index (χ2v) is 7.74. The van der Waals surface area contributed by atoms with Crippen LogP contribution in [0, 0.1) is 0 Å². The fourth-order valence-electron chi connectivity index (χ4n) is 1.79. The van der Waals surface area contributed by atoms with Crippen LogP contribution in [0.4, 0.5) is 10.7 Å². The lowest BCUT2D eigenvalue weighted by Gasteiger charge is -2.18. The quantitative estimate of drug-likeness (QED) is 0.791. The van der Waals surface area contributed by atoms with Crippen molar-refractivity contribution in [3.8, 4) is 0 Å². The Bertz CT molecular complexity index is 593. The van der Waals surface area contributed by atoms with E-state index in [1.54, 1.807) is 14.0 Å². The summed E-state index contributed by atoms with van der Waals surface area (Å²) in [6.07, 6.45) is 1.91. The van der Waals surface area contributed by atoms with E-state index in [2.05, 4.69) is 6.92 Å². The van der Waals surface area contributed by atoms with Gasteiger partial charge in [-0.05, 0) is 6.42 Å². The summed E-state index contributed by atoms with van der Waals surface area (Å²) in [7, 11) is -1.71. The minimum atomic E-state index is -3.51. The molecule has 0 saturated heterocycles. The number of sulfone groups is 1.